The minimum absolute atomic E-state index is 0.133. The molecule has 3 nitrogen and oxygen atoms in total. The summed E-state index contributed by atoms with van der Waals surface area (Å²) in [5.74, 6) is -2.85. The number of alkyl halides is 6. The summed E-state index contributed by atoms with van der Waals surface area (Å²) >= 11 is 0. The Balaban J connectivity index is 3.20. The van der Waals surface area contributed by atoms with Crippen molar-refractivity contribution in [3.05, 3.63) is 42.0 Å². The first-order valence-electron chi connectivity index (χ1n) is 6.49. The van der Waals surface area contributed by atoms with Crippen LogP contribution in [0.2, 0.25) is 0 Å². The molecule has 0 saturated carbocycles. The summed E-state index contributed by atoms with van der Waals surface area (Å²) in [4.78, 5) is 11.5. The Bertz CT molecular complexity index is 600. The molecule has 0 bridgehead atoms. The maximum Gasteiger partial charge on any atom is 0.437 e. The lowest BCUT2D eigenvalue weighted by atomic mass is 9.95. The van der Waals surface area contributed by atoms with E-state index in [2.05, 4.69) is 11.3 Å². The minimum atomic E-state index is -6.29. The molecule has 1 N–H and O–H groups in total. The van der Waals surface area contributed by atoms with Gasteiger partial charge in [0.05, 0.1) is 0 Å². The van der Waals surface area contributed by atoms with E-state index >= 15 is 0 Å². The van der Waals surface area contributed by atoms with Gasteiger partial charge in [0.25, 0.3) is 0 Å². The molecule has 0 aliphatic rings. The molecule has 0 aliphatic heterocycles. The summed E-state index contributed by atoms with van der Waals surface area (Å²) in [6.07, 6.45) is -11.1. The van der Waals surface area contributed by atoms with Gasteiger partial charge in [-0.2, -0.15) is 26.3 Å². The van der Waals surface area contributed by atoms with Gasteiger partial charge in [-0.25, -0.2) is 4.79 Å². The van der Waals surface area contributed by atoms with E-state index in [4.69, 9.17) is 5.11 Å². The maximum atomic E-state index is 12.6. The highest BCUT2D eigenvalue weighted by atomic mass is 19.4. The summed E-state index contributed by atoms with van der Waals surface area (Å²) in [5, 5.41) is 9.01. The van der Waals surface area contributed by atoms with Crippen LogP contribution < -0.4 is 0 Å². The van der Waals surface area contributed by atoms with Crippen LogP contribution in [0.25, 0.3) is 6.08 Å². The van der Waals surface area contributed by atoms with Gasteiger partial charge in [-0.3, -0.25) is 0 Å². The molecular weight excluding hydrogens is 342 g/mol. The number of hydrogen-bond acceptors (Lipinski definition) is 3. The van der Waals surface area contributed by atoms with E-state index in [1.165, 1.54) is 30.3 Å². The molecule has 0 radical (unpaired) electrons. The Morgan fingerprint density at radius 1 is 1.04 bits per heavy atom. The summed E-state index contributed by atoms with van der Waals surface area (Å²) in [6, 6.07) is 5.67. The second kappa shape index (κ2) is 6.12. The van der Waals surface area contributed by atoms with E-state index in [1.807, 2.05) is 0 Å². The van der Waals surface area contributed by atoms with Crippen LogP contribution in [0, 0.1) is 0 Å². The van der Waals surface area contributed by atoms with Gasteiger partial charge in [-0.1, -0.05) is 36.9 Å². The number of hydrogen-bond donors (Lipinski definition) is 1. The van der Waals surface area contributed by atoms with Crippen LogP contribution >= 0.6 is 0 Å². The van der Waals surface area contributed by atoms with Gasteiger partial charge < -0.3 is 9.84 Å². The fraction of sp³-hybridized carbons (Fsp3) is 0.400. The third kappa shape index (κ3) is 3.55. The zero-order valence-corrected chi connectivity index (χ0v) is 12.6. The quantitative estimate of drug-likeness (QED) is 0.656. The average molecular weight is 356 g/mol. The topological polar surface area (TPSA) is 46.5 Å². The number of carbonyl (C=O) groups is 1. The molecule has 0 atom stereocenters. The predicted molar refractivity (Wildman–Crippen MR) is 72.7 cm³/mol. The molecule has 1 aromatic rings. The van der Waals surface area contributed by atoms with Crippen LogP contribution in [0.5, 0.6) is 0 Å². The van der Waals surface area contributed by atoms with Crippen molar-refractivity contribution in [3.63, 3.8) is 0 Å². The van der Waals surface area contributed by atoms with Crippen LogP contribution in [0.3, 0.4) is 0 Å². The Kier molecular flexibility index (Phi) is 5.10. The highest BCUT2D eigenvalue weighted by molar-refractivity contribution is 5.82. The van der Waals surface area contributed by atoms with Crippen LogP contribution in [0.15, 0.2) is 30.8 Å². The summed E-state index contributed by atoms with van der Waals surface area (Å²) in [5.41, 5.74) is -6.68. The number of halogens is 6. The third-order valence-electron chi connectivity index (χ3n) is 3.31. The highest BCUT2D eigenvalue weighted by Crippen LogP contribution is 2.45. The molecular formula is C15H14F6O3. The average Bonchev–Trinajstić information content (AvgIpc) is 2.43. The Morgan fingerprint density at radius 3 is 1.79 bits per heavy atom. The summed E-state index contributed by atoms with van der Waals surface area (Å²) < 4.78 is 80.2. The number of ether oxygens (including phenoxy) is 1. The fourth-order valence-electron chi connectivity index (χ4n) is 1.78. The second-order valence-corrected chi connectivity index (χ2v) is 5.43. The lowest BCUT2D eigenvalue weighted by molar-refractivity contribution is -0.359. The molecule has 9 heteroatoms. The van der Waals surface area contributed by atoms with Crippen molar-refractivity contribution in [2.45, 2.75) is 37.4 Å². The van der Waals surface area contributed by atoms with Crippen molar-refractivity contribution in [1.29, 1.82) is 0 Å². The molecule has 0 aliphatic carbocycles. The standard InChI is InChI=1S/C15H14F6O3/c1-4-9-5-7-10(8-6-9)12(2,3)24-11(22)13(23,14(16,17)18)15(19,20)21/h4-8,23H,1H2,2-3H3. The third-order valence-corrected chi connectivity index (χ3v) is 3.31. The molecule has 134 valence electrons. The zero-order valence-electron chi connectivity index (χ0n) is 12.6. The van der Waals surface area contributed by atoms with E-state index in [0.29, 0.717) is 5.56 Å². The van der Waals surface area contributed by atoms with Crippen LogP contribution in [0.1, 0.15) is 25.0 Å². The number of benzene rings is 1. The molecule has 24 heavy (non-hydrogen) atoms. The van der Waals surface area contributed by atoms with Crippen molar-refractivity contribution >= 4 is 12.0 Å². The Hall–Kier alpha value is -2.03. The van der Waals surface area contributed by atoms with Crippen LogP contribution in [0.4, 0.5) is 26.3 Å². The van der Waals surface area contributed by atoms with Crippen molar-refractivity contribution in [1.82, 2.24) is 0 Å². The first-order chi connectivity index (χ1) is 10.7. The number of aliphatic hydroxyl groups is 1. The van der Waals surface area contributed by atoms with Gasteiger partial charge in [0, 0.05) is 0 Å². The van der Waals surface area contributed by atoms with Crippen molar-refractivity contribution in [2.75, 3.05) is 0 Å². The van der Waals surface area contributed by atoms with E-state index in [0.717, 1.165) is 13.8 Å². The van der Waals surface area contributed by atoms with E-state index in [-0.39, 0.29) is 5.56 Å². The fourth-order valence-corrected chi connectivity index (χ4v) is 1.78. The van der Waals surface area contributed by atoms with Crippen LogP contribution in [-0.4, -0.2) is 29.0 Å². The molecule has 0 spiro atoms. The molecule has 0 fully saturated rings. The Morgan fingerprint density at radius 2 is 1.46 bits per heavy atom. The maximum absolute atomic E-state index is 12.6. The summed E-state index contributed by atoms with van der Waals surface area (Å²) in [7, 11) is 0. The molecule has 0 heterocycles. The number of rotatable bonds is 4. The molecule has 0 amide bonds. The van der Waals surface area contributed by atoms with E-state index in [1.54, 1.807) is 0 Å². The van der Waals surface area contributed by atoms with Crippen LogP contribution in [-0.2, 0) is 15.1 Å². The largest absolute Gasteiger partial charge is 0.452 e. The van der Waals surface area contributed by atoms with Gasteiger partial charge in [0.2, 0.25) is 0 Å². The highest BCUT2D eigenvalue weighted by Gasteiger charge is 2.77. The lowest BCUT2D eigenvalue weighted by Gasteiger charge is -2.34. The van der Waals surface area contributed by atoms with Gasteiger partial charge >= 0.3 is 23.9 Å². The monoisotopic (exact) mass is 356 g/mol. The van der Waals surface area contributed by atoms with E-state index < -0.39 is 29.5 Å². The van der Waals surface area contributed by atoms with Crippen molar-refractivity contribution in [3.8, 4) is 0 Å². The van der Waals surface area contributed by atoms with Crippen molar-refractivity contribution < 1.29 is 41.0 Å². The molecule has 0 saturated heterocycles. The molecule has 0 unspecified atom stereocenters. The predicted octanol–water partition coefficient (Wildman–Crippen LogP) is 3.96. The SMILES string of the molecule is C=Cc1ccc(C(C)(C)OC(=O)C(O)(C(F)(F)F)C(F)(F)F)cc1. The second-order valence-electron chi connectivity index (χ2n) is 5.43. The van der Waals surface area contributed by atoms with Gasteiger partial charge in [0.15, 0.2) is 0 Å². The van der Waals surface area contributed by atoms with Gasteiger partial charge in [-0.15, -0.1) is 0 Å². The molecule has 0 aromatic heterocycles. The number of carbonyl (C=O) groups excluding carboxylic acids is 1. The minimum Gasteiger partial charge on any atom is -0.452 e. The zero-order chi connectivity index (χ0) is 19.0. The summed E-state index contributed by atoms with van der Waals surface area (Å²) in [6.45, 7) is 5.69. The van der Waals surface area contributed by atoms with E-state index in [9.17, 15) is 31.1 Å². The first-order valence-corrected chi connectivity index (χ1v) is 6.49. The Labute approximate surface area is 133 Å². The molecule has 1 rings (SSSR count). The smallest absolute Gasteiger partial charge is 0.437 e. The first kappa shape index (κ1) is 20.0. The van der Waals surface area contributed by atoms with Gasteiger partial charge in [-0.05, 0) is 25.0 Å². The normalized spacial score (nSPS) is 13.5. The molecule has 1 aromatic carbocycles. The van der Waals surface area contributed by atoms with Crippen molar-refractivity contribution in [2.24, 2.45) is 0 Å². The van der Waals surface area contributed by atoms with Gasteiger partial charge in [0.1, 0.15) is 5.60 Å². The lowest BCUT2D eigenvalue weighted by Crippen LogP contribution is -2.63. The number of esters is 1.